The molecule has 0 bridgehead atoms. The minimum absolute atomic E-state index is 0.206. The summed E-state index contributed by atoms with van der Waals surface area (Å²) in [6.07, 6.45) is -2.52. The zero-order valence-corrected chi connectivity index (χ0v) is 14.1. The van der Waals surface area contributed by atoms with Crippen LogP contribution in [0.3, 0.4) is 0 Å². The van der Waals surface area contributed by atoms with Crippen molar-refractivity contribution in [3.8, 4) is 0 Å². The number of nitrogens with zero attached hydrogens (tertiary/aromatic N) is 1. The van der Waals surface area contributed by atoms with Gasteiger partial charge in [-0.3, -0.25) is 4.79 Å². The lowest BCUT2D eigenvalue weighted by atomic mass is 10.2. The van der Waals surface area contributed by atoms with E-state index in [2.05, 4.69) is 0 Å². The average Bonchev–Trinajstić information content (AvgIpc) is 3.17. The molecule has 24 heavy (non-hydrogen) atoms. The first-order chi connectivity index (χ1) is 11.2. The molecule has 0 aromatic carbocycles. The lowest BCUT2D eigenvalue weighted by Gasteiger charge is -2.17. The van der Waals surface area contributed by atoms with E-state index in [-0.39, 0.29) is 9.77 Å². The van der Waals surface area contributed by atoms with Crippen LogP contribution in [0.1, 0.15) is 28.9 Å². The summed E-state index contributed by atoms with van der Waals surface area (Å²) < 4.78 is 51.1. The first kappa shape index (κ1) is 18.7. The first-order valence-electron chi connectivity index (χ1n) is 7.13. The van der Waals surface area contributed by atoms with Crippen molar-refractivity contribution in [1.82, 2.24) is 9.62 Å². The molecule has 1 aromatic heterocycles. The van der Waals surface area contributed by atoms with Gasteiger partial charge in [-0.15, -0.1) is 11.3 Å². The van der Waals surface area contributed by atoms with Crippen LogP contribution in [0.2, 0.25) is 0 Å². The van der Waals surface area contributed by atoms with Gasteiger partial charge in [0.05, 0.1) is 0 Å². The number of halogens is 2. The molecule has 11 heteroatoms. The third-order valence-electron chi connectivity index (χ3n) is 3.54. The summed E-state index contributed by atoms with van der Waals surface area (Å²) in [5.41, 5.74) is 0. The summed E-state index contributed by atoms with van der Waals surface area (Å²) >= 11 is 0.818. The summed E-state index contributed by atoms with van der Waals surface area (Å²) in [6.45, 7) is 0.699. The number of carboxylic acid groups (broad SMARTS) is 1. The first-order valence-corrected chi connectivity index (χ1v) is 9.45. The van der Waals surface area contributed by atoms with Crippen LogP contribution in [0.5, 0.6) is 0 Å². The van der Waals surface area contributed by atoms with Gasteiger partial charge in [-0.1, -0.05) is 0 Å². The van der Waals surface area contributed by atoms with Gasteiger partial charge in [0.15, 0.2) is 0 Å². The number of aliphatic carboxylic acids is 1. The number of sulfonamides is 1. The van der Waals surface area contributed by atoms with Crippen molar-refractivity contribution >= 4 is 33.2 Å². The number of thiophene rings is 1. The van der Waals surface area contributed by atoms with Crippen molar-refractivity contribution in [3.63, 3.8) is 0 Å². The van der Waals surface area contributed by atoms with Gasteiger partial charge in [0.25, 0.3) is 5.91 Å². The highest BCUT2D eigenvalue weighted by atomic mass is 32.2. The quantitative estimate of drug-likeness (QED) is 0.741. The molecule has 2 rings (SSSR count). The summed E-state index contributed by atoms with van der Waals surface area (Å²) in [6, 6.07) is -0.530. The van der Waals surface area contributed by atoms with Crippen LogP contribution in [0.15, 0.2) is 16.3 Å². The predicted molar refractivity (Wildman–Crippen MR) is 81.8 cm³/mol. The Morgan fingerprint density at radius 3 is 2.50 bits per heavy atom. The zero-order valence-electron chi connectivity index (χ0n) is 12.4. The summed E-state index contributed by atoms with van der Waals surface area (Å²) in [5, 5.41) is 12.3. The maximum absolute atomic E-state index is 12.5. The predicted octanol–water partition coefficient (Wildman–Crippen LogP) is 1.37. The Morgan fingerprint density at radius 2 is 1.96 bits per heavy atom. The Kier molecular flexibility index (Phi) is 5.88. The number of hydrogen-bond acceptors (Lipinski definition) is 5. The highest BCUT2D eigenvalue weighted by molar-refractivity contribution is 7.89. The van der Waals surface area contributed by atoms with Gasteiger partial charge in [-0.25, -0.2) is 22.0 Å². The average molecular weight is 382 g/mol. The van der Waals surface area contributed by atoms with Gasteiger partial charge >= 0.3 is 5.97 Å². The SMILES string of the molecule is O=C(NC(CC(F)F)C(=O)O)c1sccc1S(=O)(=O)N1CCCC1. The number of rotatable bonds is 7. The number of carboxylic acids is 1. The molecule has 134 valence electrons. The van der Waals surface area contributed by atoms with Gasteiger partial charge in [0.1, 0.15) is 15.8 Å². The largest absolute Gasteiger partial charge is 0.480 e. The van der Waals surface area contributed by atoms with Crippen LogP contribution in [0.25, 0.3) is 0 Å². The Bertz CT molecular complexity index is 714. The highest BCUT2D eigenvalue weighted by Crippen LogP contribution is 2.27. The topological polar surface area (TPSA) is 104 Å². The molecule has 1 saturated heterocycles. The number of nitrogens with one attached hydrogen (secondary N) is 1. The smallest absolute Gasteiger partial charge is 0.326 e. The van der Waals surface area contributed by atoms with Gasteiger partial charge in [-0.05, 0) is 24.3 Å². The second-order valence-electron chi connectivity index (χ2n) is 5.22. The molecule has 7 nitrogen and oxygen atoms in total. The highest BCUT2D eigenvalue weighted by Gasteiger charge is 2.33. The van der Waals surface area contributed by atoms with Crippen LogP contribution in [-0.2, 0) is 14.8 Å². The molecule has 2 N–H and O–H groups in total. The standard InChI is InChI=1S/C13H16F2N2O5S2/c14-10(15)7-8(13(19)20)16-12(18)11-9(3-6-23-11)24(21,22)17-4-1-2-5-17/h3,6,8,10H,1-2,4-5,7H2,(H,16,18)(H,19,20). The second-order valence-corrected chi connectivity index (χ2v) is 8.04. The summed E-state index contributed by atoms with van der Waals surface area (Å²) in [7, 11) is -3.86. The van der Waals surface area contributed by atoms with Gasteiger partial charge in [0.2, 0.25) is 16.4 Å². The second kappa shape index (κ2) is 7.53. The van der Waals surface area contributed by atoms with Crippen molar-refractivity contribution < 1.29 is 31.9 Å². The fourth-order valence-corrected chi connectivity index (χ4v) is 5.18. The van der Waals surface area contributed by atoms with Crippen LogP contribution in [0.4, 0.5) is 8.78 Å². The molecule has 1 fully saturated rings. The maximum atomic E-state index is 12.5. The number of hydrogen-bond donors (Lipinski definition) is 2. The van der Waals surface area contributed by atoms with Crippen LogP contribution < -0.4 is 5.32 Å². The lowest BCUT2D eigenvalue weighted by molar-refractivity contribution is -0.140. The van der Waals surface area contributed by atoms with E-state index in [1.54, 1.807) is 0 Å². The molecule has 1 amide bonds. The summed E-state index contributed by atoms with van der Waals surface area (Å²) in [4.78, 5) is 22.7. The molecule has 2 heterocycles. The van der Waals surface area contributed by atoms with E-state index < -0.39 is 40.8 Å². The van der Waals surface area contributed by atoms with Crippen molar-refractivity contribution in [2.75, 3.05) is 13.1 Å². The zero-order chi connectivity index (χ0) is 17.9. The number of amides is 1. The molecule has 0 spiro atoms. The molecular formula is C13H16F2N2O5S2. The molecule has 1 aromatic rings. The number of alkyl halides is 2. The maximum Gasteiger partial charge on any atom is 0.326 e. The third-order valence-corrected chi connectivity index (χ3v) is 6.52. The molecule has 1 aliphatic rings. The monoisotopic (exact) mass is 382 g/mol. The lowest BCUT2D eigenvalue weighted by Crippen LogP contribution is -2.42. The fourth-order valence-electron chi connectivity index (χ4n) is 2.36. The third kappa shape index (κ3) is 4.08. The Hall–Kier alpha value is -1.59. The molecule has 0 radical (unpaired) electrons. The molecular weight excluding hydrogens is 366 g/mol. The van der Waals surface area contributed by atoms with Crippen molar-refractivity contribution in [2.24, 2.45) is 0 Å². The fraction of sp³-hybridized carbons (Fsp3) is 0.538. The molecule has 1 aliphatic heterocycles. The molecule has 1 atom stereocenters. The van der Waals surface area contributed by atoms with Crippen LogP contribution in [0, 0.1) is 0 Å². The van der Waals surface area contributed by atoms with Crippen LogP contribution in [-0.4, -0.2) is 55.3 Å². The van der Waals surface area contributed by atoms with Gasteiger partial charge in [-0.2, -0.15) is 4.31 Å². The molecule has 0 saturated carbocycles. The Labute approximate surface area is 141 Å². The number of carbonyl (C=O) groups is 2. The van der Waals surface area contributed by atoms with Gasteiger partial charge < -0.3 is 10.4 Å². The van der Waals surface area contributed by atoms with E-state index in [1.165, 1.54) is 15.8 Å². The normalized spacial score (nSPS) is 17.1. The van der Waals surface area contributed by atoms with Crippen LogP contribution >= 0.6 is 11.3 Å². The van der Waals surface area contributed by atoms with Crippen molar-refractivity contribution in [2.45, 2.75) is 36.6 Å². The Balaban J connectivity index is 2.22. The van der Waals surface area contributed by atoms with Crippen molar-refractivity contribution in [3.05, 3.63) is 16.3 Å². The van der Waals surface area contributed by atoms with E-state index in [1.807, 2.05) is 5.32 Å². The van der Waals surface area contributed by atoms with E-state index >= 15 is 0 Å². The van der Waals surface area contributed by atoms with Crippen molar-refractivity contribution in [1.29, 1.82) is 0 Å². The minimum Gasteiger partial charge on any atom is -0.480 e. The number of carbonyl (C=O) groups excluding carboxylic acids is 1. The van der Waals surface area contributed by atoms with Gasteiger partial charge in [0, 0.05) is 19.5 Å². The molecule has 1 unspecified atom stereocenters. The molecule has 0 aliphatic carbocycles. The van der Waals surface area contributed by atoms with E-state index in [0.717, 1.165) is 24.2 Å². The minimum atomic E-state index is -3.86. The van der Waals surface area contributed by atoms with E-state index in [4.69, 9.17) is 5.11 Å². The van der Waals surface area contributed by atoms with E-state index in [0.29, 0.717) is 13.1 Å². The summed E-state index contributed by atoms with van der Waals surface area (Å²) in [5.74, 6) is -2.60. The Morgan fingerprint density at radius 1 is 1.33 bits per heavy atom. The van der Waals surface area contributed by atoms with E-state index in [9.17, 15) is 26.8 Å².